The fraction of sp³-hybridized carbons (Fsp3) is 0.385. The molecule has 102 valence electrons. The van der Waals surface area contributed by atoms with E-state index in [0.29, 0.717) is 12.5 Å². The van der Waals surface area contributed by atoms with Crippen LogP contribution in [0.2, 0.25) is 0 Å². The van der Waals surface area contributed by atoms with Crippen molar-refractivity contribution in [1.29, 1.82) is 0 Å². The zero-order chi connectivity index (χ0) is 13.7. The predicted molar refractivity (Wildman–Crippen MR) is 79.2 cm³/mol. The minimum absolute atomic E-state index is 0.133. The van der Waals surface area contributed by atoms with Gasteiger partial charge in [-0.05, 0) is 18.4 Å². The molecule has 0 saturated heterocycles. The molecule has 0 fully saturated rings. The summed E-state index contributed by atoms with van der Waals surface area (Å²) in [5.41, 5.74) is 0.846. The van der Waals surface area contributed by atoms with Gasteiger partial charge in [-0.2, -0.15) is 0 Å². The zero-order valence-corrected chi connectivity index (χ0v) is 12.3. The molecule has 0 aliphatic rings. The molecule has 2 rings (SSSR count). The number of hydrogen-bond donors (Lipinski definition) is 2. The lowest BCUT2D eigenvalue weighted by atomic mass is 10.2. The van der Waals surface area contributed by atoms with Gasteiger partial charge in [0.15, 0.2) is 5.13 Å². The van der Waals surface area contributed by atoms with Gasteiger partial charge in [-0.1, -0.05) is 6.07 Å². The standard InChI is InChI=1S/C13H16N2O2S2/c1-9(7-11-3-2-6-18-11)14-13-15-10(8-19-13)4-5-12(16)17/h2-3,6,8-9H,4-5,7H2,1H3,(H,14,15)(H,16,17). The fourth-order valence-corrected chi connectivity index (χ4v) is 3.41. The SMILES string of the molecule is CC(Cc1cccs1)Nc1nc(CCC(=O)O)cs1. The Morgan fingerprint density at radius 3 is 3.05 bits per heavy atom. The highest BCUT2D eigenvalue weighted by molar-refractivity contribution is 7.13. The number of carbonyl (C=O) groups is 1. The normalized spacial score (nSPS) is 12.3. The van der Waals surface area contributed by atoms with E-state index in [1.54, 1.807) is 11.3 Å². The van der Waals surface area contributed by atoms with Crippen LogP contribution in [0.4, 0.5) is 5.13 Å². The second-order valence-electron chi connectivity index (χ2n) is 4.37. The van der Waals surface area contributed by atoms with Crippen LogP contribution in [0.3, 0.4) is 0 Å². The molecule has 2 aromatic heterocycles. The summed E-state index contributed by atoms with van der Waals surface area (Å²) in [4.78, 5) is 16.2. The van der Waals surface area contributed by atoms with Crippen LogP contribution in [-0.2, 0) is 17.6 Å². The highest BCUT2D eigenvalue weighted by Gasteiger charge is 2.08. The van der Waals surface area contributed by atoms with Crippen molar-refractivity contribution in [1.82, 2.24) is 4.98 Å². The Balaban J connectivity index is 1.83. The van der Waals surface area contributed by atoms with Crippen LogP contribution in [0.1, 0.15) is 23.9 Å². The van der Waals surface area contributed by atoms with Gasteiger partial charge in [0.25, 0.3) is 0 Å². The van der Waals surface area contributed by atoms with E-state index in [2.05, 4.69) is 34.7 Å². The van der Waals surface area contributed by atoms with Crippen molar-refractivity contribution in [3.63, 3.8) is 0 Å². The van der Waals surface area contributed by atoms with Crippen LogP contribution in [-0.4, -0.2) is 22.1 Å². The Bertz CT molecular complexity index is 522. The molecule has 0 saturated carbocycles. The first-order valence-corrected chi connectivity index (χ1v) is 7.84. The molecule has 0 bridgehead atoms. The Morgan fingerprint density at radius 2 is 2.37 bits per heavy atom. The van der Waals surface area contributed by atoms with Gasteiger partial charge in [0, 0.05) is 29.1 Å². The van der Waals surface area contributed by atoms with Gasteiger partial charge < -0.3 is 10.4 Å². The summed E-state index contributed by atoms with van der Waals surface area (Å²) >= 11 is 3.29. The summed E-state index contributed by atoms with van der Waals surface area (Å²) < 4.78 is 0. The molecule has 4 nitrogen and oxygen atoms in total. The number of nitrogens with one attached hydrogen (secondary N) is 1. The van der Waals surface area contributed by atoms with E-state index in [9.17, 15) is 4.79 Å². The maximum Gasteiger partial charge on any atom is 0.303 e. The molecule has 1 unspecified atom stereocenters. The van der Waals surface area contributed by atoms with Crippen molar-refractivity contribution in [3.8, 4) is 0 Å². The molecule has 1 atom stereocenters. The first-order valence-electron chi connectivity index (χ1n) is 6.08. The van der Waals surface area contributed by atoms with Crippen molar-refractivity contribution in [2.75, 3.05) is 5.32 Å². The Morgan fingerprint density at radius 1 is 1.53 bits per heavy atom. The molecule has 0 spiro atoms. The summed E-state index contributed by atoms with van der Waals surface area (Å²) in [6, 6.07) is 4.50. The van der Waals surface area contributed by atoms with Crippen LogP contribution >= 0.6 is 22.7 Å². The average Bonchev–Trinajstić information content (AvgIpc) is 2.98. The fourth-order valence-electron chi connectivity index (χ4n) is 1.72. The number of aromatic nitrogens is 1. The van der Waals surface area contributed by atoms with E-state index in [1.807, 2.05) is 5.38 Å². The topological polar surface area (TPSA) is 62.2 Å². The molecule has 19 heavy (non-hydrogen) atoms. The molecule has 2 N–H and O–H groups in total. The predicted octanol–water partition coefficient (Wildman–Crippen LogP) is 3.26. The zero-order valence-electron chi connectivity index (χ0n) is 10.6. The summed E-state index contributed by atoms with van der Waals surface area (Å²) in [5.74, 6) is -0.784. The lowest BCUT2D eigenvalue weighted by Crippen LogP contribution is -2.17. The van der Waals surface area contributed by atoms with Crippen LogP contribution in [0.15, 0.2) is 22.9 Å². The maximum atomic E-state index is 10.5. The van der Waals surface area contributed by atoms with Crippen molar-refractivity contribution in [3.05, 3.63) is 33.5 Å². The quantitative estimate of drug-likeness (QED) is 0.823. The van der Waals surface area contributed by atoms with Gasteiger partial charge in [0.2, 0.25) is 0 Å². The number of thiazole rings is 1. The summed E-state index contributed by atoms with van der Waals surface area (Å²) in [6.45, 7) is 2.12. The summed E-state index contributed by atoms with van der Waals surface area (Å²) in [7, 11) is 0. The second kappa shape index (κ2) is 6.68. The molecule has 0 amide bonds. The van der Waals surface area contributed by atoms with E-state index >= 15 is 0 Å². The maximum absolute atomic E-state index is 10.5. The van der Waals surface area contributed by atoms with Crippen molar-refractivity contribution in [2.24, 2.45) is 0 Å². The monoisotopic (exact) mass is 296 g/mol. The minimum atomic E-state index is -0.784. The van der Waals surface area contributed by atoms with Crippen molar-refractivity contribution < 1.29 is 9.90 Å². The lowest BCUT2D eigenvalue weighted by Gasteiger charge is -2.11. The van der Waals surface area contributed by atoms with E-state index in [4.69, 9.17) is 5.11 Å². The number of aryl methyl sites for hydroxylation is 1. The van der Waals surface area contributed by atoms with Gasteiger partial charge in [0.1, 0.15) is 0 Å². The van der Waals surface area contributed by atoms with E-state index in [1.165, 1.54) is 16.2 Å². The third-order valence-electron chi connectivity index (χ3n) is 2.60. The molecule has 2 heterocycles. The average molecular weight is 296 g/mol. The van der Waals surface area contributed by atoms with Crippen LogP contribution in [0.5, 0.6) is 0 Å². The minimum Gasteiger partial charge on any atom is -0.481 e. The third kappa shape index (κ3) is 4.65. The first-order chi connectivity index (χ1) is 9.13. The number of hydrogen-bond acceptors (Lipinski definition) is 5. The van der Waals surface area contributed by atoms with Crippen molar-refractivity contribution in [2.45, 2.75) is 32.2 Å². The summed E-state index contributed by atoms with van der Waals surface area (Å²) in [5, 5.41) is 16.9. The molecule has 2 aromatic rings. The van der Waals surface area contributed by atoms with Crippen molar-refractivity contribution >= 4 is 33.8 Å². The van der Waals surface area contributed by atoms with Gasteiger partial charge >= 0.3 is 5.97 Å². The molecular formula is C13H16N2O2S2. The molecular weight excluding hydrogens is 280 g/mol. The number of carboxylic acid groups (broad SMARTS) is 1. The first kappa shape index (κ1) is 14.0. The van der Waals surface area contributed by atoms with Gasteiger partial charge in [-0.15, -0.1) is 22.7 Å². The lowest BCUT2D eigenvalue weighted by molar-refractivity contribution is -0.136. The highest BCUT2D eigenvalue weighted by atomic mass is 32.1. The largest absolute Gasteiger partial charge is 0.481 e. The van der Waals surface area contributed by atoms with Gasteiger partial charge in [-0.25, -0.2) is 4.98 Å². The van der Waals surface area contributed by atoms with E-state index in [-0.39, 0.29) is 6.42 Å². The Kier molecular flexibility index (Phi) is 4.93. The van der Waals surface area contributed by atoms with Crippen LogP contribution < -0.4 is 5.32 Å². The molecule has 0 radical (unpaired) electrons. The number of carboxylic acids is 1. The molecule has 0 aliphatic carbocycles. The number of rotatable bonds is 7. The molecule has 6 heteroatoms. The van der Waals surface area contributed by atoms with Gasteiger partial charge in [-0.3, -0.25) is 4.79 Å². The van der Waals surface area contributed by atoms with Crippen LogP contribution in [0, 0.1) is 0 Å². The third-order valence-corrected chi connectivity index (χ3v) is 4.33. The Hall–Kier alpha value is -1.40. The highest BCUT2D eigenvalue weighted by Crippen LogP contribution is 2.19. The van der Waals surface area contributed by atoms with E-state index in [0.717, 1.165) is 17.2 Å². The number of nitrogens with zero attached hydrogens (tertiary/aromatic N) is 1. The van der Waals surface area contributed by atoms with E-state index < -0.39 is 5.97 Å². The van der Waals surface area contributed by atoms with Gasteiger partial charge in [0.05, 0.1) is 12.1 Å². The molecule has 0 aromatic carbocycles. The van der Waals surface area contributed by atoms with Crippen LogP contribution in [0.25, 0.3) is 0 Å². The number of thiophene rings is 1. The second-order valence-corrected chi connectivity index (χ2v) is 6.26. The number of anilines is 1. The smallest absolute Gasteiger partial charge is 0.303 e. The molecule has 0 aliphatic heterocycles. The Labute approximate surface area is 120 Å². The number of aliphatic carboxylic acids is 1. The summed E-state index contributed by atoms with van der Waals surface area (Å²) in [6.07, 6.45) is 1.60.